The molecule has 0 aromatic heterocycles. The number of rotatable bonds is 4. The third-order valence-electron chi connectivity index (χ3n) is 2.61. The van der Waals surface area contributed by atoms with Gasteiger partial charge in [-0.1, -0.05) is 0 Å². The SMILES string of the molecule is CN(C)C(=O)CCNc1ccc(C(F)(F)F)c(C#N)c1. The van der Waals surface area contributed by atoms with E-state index < -0.39 is 17.3 Å². The minimum absolute atomic E-state index is 0.0927. The van der Waals surface area contributed by atoms with Crippen molar-refractivity contribution in [1.29, 1.82) is 5.26 Å². The molecule has 1 aromatic rings. The lowest BCUT2D eigenvalue weighted by atomic mass is 10.1. The van der Waals surface area contributed by atoms with Gasteiger partial charge in [0.25, 0.3) is 0 Å². The topological polar surface area (TPSA) is 56.1 Å². The first kappa shape index (κ1) is 15.8. The van der Waals surface area contributed by atoms with E-state index in [2.05, 4.69) is 5.32 Å². The van der Waals surface area contributed by atoms with Crippen LogP contribution in [-0.4, -0.2) is 31.4 Å². The van der Waals surface area contributed by atoms with Crippen molar-refractivity contribution >= 4 is 11.6 Å². The van der Waals surface area contributed by atoms with Crippen LogP contribution in [0.1, 0.15) is 17.5 Å². The average molecular weight is 285 g/mol. The number of nitriles is 1. The lowest BCUT2D eigenvalue weighted by Crippen LogP contribution is -2.23. The molecule has 0 unspecified atom stereocenters. The largest absolute Gasteiger partial charge is 0.417 e. The Morgan fingerprint density at radius 3 is 2.55 bits per heavy atom. The number of nitrogens with zero attached hydrogens (tertiary/aromatic N) is 2. The standard InChI is InChI=1S/C13H14F3N3O/c1-19(2)12(20)5-6-18-10-3-4-11(13(14,15)16)9(7-10)8-17/h3-4,7,18H,5-6H2,1-2H3. The van der Waals surface area contributed by atoms with Gasteiger partial charge in [0.05, 0.1) is 17.2 Å². The molecule has 4 nitrogen and oxygen atoms in total. The highest BCUT2D eigenvalue weighted by Gasteiger charge is 2.33. The molecule has 0 fully saturated rings. The number of carbonyl (C=O) groups is 1. The Labute approximate surface area is 114 Å². The van der Waals surface area contributed by atoms with Crippen LogP contribution in [0.4, 0.5) is 18.9 Å². The van der Waals surface area contributed by atoms with E-state index in [9.17, 15) is 18.0 Å². The van der Waals surface area contributed by atoms with E-state index in [1.54, 1.807) is 14.1 Å². The third kappa shape index (κ3) is 4.16. The molecule has 1 aromatic carbocycles. The number of carbonyl (C=O) groups excluding carboxylic acids is 1. The molecule has 1 N–H and O–H groups in total. The van der Waals surface area contributed by atoms with E-state index in [1.807, 2.05) is 0 Å². The molecular formula is C13H14F3N3O. The summed E-state index contributed by atoms with van der Waals surface area (Å²) in [6.07, 6.45) is -4.33. The summed E-state index contributed by atoms with van der Waals surface area (Å²) >= 11 is 0. The minimum atomic E-state index is -4.55. The van der Waals surface area contributed by atoms with E-state index in [0.717, 1.165) is 12.1 Å². The van der Waals surface area contributed by atoms with Crippen LogP contribution in [0.5, 0.6) is 0 Å². The molecule has 0 aliphatic rings. The molecular weight excluding hydrogens is 271 g/mol. The van der Waals surface area contributed by atoms with Crippen LogP contribution in [0, 0.1) is 11.3 Å². The monoisotopic (exact) mass is 285 g/mol. The second-order valence-corrected chi connectivity index (χ2v) is 4.33. The van der Waals surface area contributed by atoms with E-state index >= 15 is 0 Å². The molecule has 0 spiro atoms. The Morgan fingerprint density at radius 1 is 1.40 bits per heavy atom. The maximum absolute atomic E-state index is 12.6. The number of benzene rings is 1. The zero-order valence-electron chi connectivity index (χ0n) is 11.1. The quantitative estimate of drug-likeness (QED) is 0.924. The van der Waals surface area contributed by atoms with Crippen molar-refractivity contribution in [3.8, 4) is 6.07 Å². The molecule has 20 heavy (non-hydrogen) atoms. The van der Waals surface area contributed by atoms with Gasteiger partial charge in [-0.15, -0.1) is 0 Å². The van der Waals surface area contributed by atoms with Gasteiger partial charge in [0.2, 0.25) is 5.91 Å². The predicted molar refractivity (Wildman–Crippen MR) is 68.0 cm³/mol. The molecule has 0 heterocycles. The fraction of sp³-hybridized carbons (Fsp3) is 0.385. The number of alkyl halides is 3. The van der Waals surface area contributed by atoms with Gasteiger partial charge in [-0.05, 0) is 18.2 Å². The van der Waals surface area contributed by atoms with E-state index in [4.69, 9.17) is 5.26 Å². The Hall–Kier alpha value is -2.23. The van der Waals surface area contributed by atoms with Crippen LogP contribution in [0.3, 0.4) is 0 Å². The first-order valence-corrected chi connectivity index (χ1v) is 5.81. The van der Waals surface area contributed by atoms with Crippen LogP contribution in [0.2, 0.25) is 0 Å². The van der Waals surface area contributed by atoms with Crippen LogP contribution in [-0.2, 0) is 11.0 Å². The molecule has 1 rings (SSSR count). The van der Waals surface area contributed by atoms with Gasteiger partial charge < -0.3 is 10.2 Å². The molecule has 0 aliphatic carbocycles. The molecule has 7 heteroatoms. The lowest BCUT2D eigenvalue weighted by Gasteiger charge is -2.13. The Balaban J connectivity index is 2.75. The van der Waals surface area contributed by atoms with Crippen molar-refractivity contribution in [2.45, 2.75) is 12.6 Å². The van der Waals surface area contributed by atoms with Gasteiger partial charge in [0.1, 0.15) is 0 Å². The second-order valence-electron chi connectivity index (χ2n) is 4.33. The first-order chi connectivity index (χ1) is 9.25. The maximum atomic E-state index is 12.6. The van der Waals surface area contributed by atoms with Crippen molar-refractivity contribution in [2.75, 3.05) is 26.0 Å². The summed E-state index contributed by atoms with van der Waals surface area (Å²) in [4.78, 5) is 12.8. The Kier molecular flexibility index (Phi) is 4.97. The summed E-state index contributed by atoms with van der Waals surface area (Å²) in [5.74, 6) is -0.0927. The first-order valence-electron chi connectivity index (χ1n) is 5.81. The molecule has 0 atom stereocenters. The van der Waals surface area contributed by atoms with Gasteiger partial charge in [-0.2, -0.15) is 18.4 Å². The zero-order valence-corrected chi connectivity index (χ0v) is 11.1. The molecule has 0 radical (unpaired) electrons. The third-order valence-corrected chi connectivity index (χ3v) is 2.61. The van der Waals surface area contributed by atoms with Gasteiger partial charge in [-0.25, -0.2) is 0 Å². The van der Waals surface area contributed by atoms with E-state index in [-0.39, 0.29) is 18.9 Å². The second kappa shape index (κ2) is 6.28. The highest BCUT2D eigenvalue weighted by atomic mass is 19.4. The summed E-state index contributed by atoms with van der Waals surface area (Å²) in [6.45, 7) is 0.285. The van der Waals surface area contributed by atoms with Crippen molar-refractivity contribution < 1.29 is 18.0 Å². The van der Waals surface area contributed by atoms with Crippen LogP contribution in [0.25, 0.3) is 0 Å². The molecule has 0 aliphatic heterocycles. The molecule has 108 valence electrons. The Morgan fingerprint density at radius 2 is 2.05 bits per heavy atom. The summed E-state index contributed by atoms with van der Waals surface area (Å²) in [5, 5.41) is 11.6. The number of anilines is 1. The summed E-state index contributed by atoms with van der Waals surface area (Å²) in [5.41, 5.74) is -1.03. The van der Waals surface area contributed by atoms with Crippen molar-refractivity contribution in [2.24, 2.45) is 0 Å². The highest BCUT2D eigenvalue weighted by Crippen LogP contribution is 2.32. The van der Waals surface area contributed by atoms with Gasteiger partial charge in [0, 0.05) is 32.7 Å². The van der Waals surface area contributed by atoms with Crippen molar-refractivity contribution in [3.63, 3.8) is 0 Å². The average Bonchev–Trinajstić information content (AvgIpc) is 2.36. The fourth-order valence-electron chi connectivity index (χ4n) is 1.53. The fourth-order valence-corrected chi connectivity index (χ4v) is 1.53. The lowest BCUT2D eigenvalue weighted by molar-refractivity contribution is -0.137. The number of nitrogens with one attached hydrogen (secondary N) is 1. The van der Waals surface area contributed by atoms with E-state index in [1.165, 1.54) is 17.0 Å². The molecule has 0 bridgehead atoms. The number of halogens is 3. The van der Waals surface area contributed by atoms with Crippen LogP contribution < -0.4 is 5.32 Å². The molecule has 0 saturated carbocycles. The predicted octanol–water partition coefficient (Wildman–Crippen LogP) is 2.47. The minimum Gasteiger partial charge on any atom is -0.384 e. The van der Waals surface area contributed by atoms with E-state index in [0.29, 0.717) is 5.69 Å². The maximum Gasteiger partial charge on any atom is 0.417 e. The number of hydrogen-bond acceptors (Lipinski definition) is 3. The van der Waals surface area contributed by atoms with Crippen LogP contribution >= 0.6 is 0 Å². The number of hydrogen-bond donors (Lipinski definition) is 1. The van der Waals surface area contributed by atoms with Crippen molar-refractivity contribution in [3.05, 3.63) is 29.3 Å². The smallest absolute Gasteiger partial charge is 0.384 e. The Bertz CT molecular complexity index is 533. The highest BCUT2D eigenvalue weighted by molar-refractivity contribution is 5.76. The summed E-state index contributed by atoms with van der Waals surface area (Å²) < 4.78 is 37.8. The van der Waals surface area contributed by atoms with Gasteiger partial charge >= 0.3 is 6.18 Å². The van der Waals surface area contributed by atoms with Gasteiger partial charge in [0.15, 0.2) is 0 Å². The summed E-state index contributed by atoms with van der Waals surface area (Å²) in [7, 11) is 3.24. The molecule has 0 saturated heterocycles. The zero-order chi connectivity index (χ0) is 15.3. The normalized spacial score (nSPS) is 10.8. The number of amides is 1. The van der Waals surface area contributed by atoms with Crippen LogP contribution in [0.15, 0.2) is 18.2 Å². The summed E-state index contributed by atoms with van der Waals surface area (Å²) in [6, 6.07) is 4.75. The molecule has 1 amide bonds. The van der Waals surface area contributed by atoms with Crippen molar-refractivity contribution in [1.82, 2.24) is 4.90 Å². The van der Waals surface area contributed by atoms with Gasteiger partial charge in [-0.3, -0.25) is 4.79 Å².